The van der Waals surface area contributed by atoms with E-state index in [1.807, 2.05) is 36.4 Å². The van der Waals surface area contributed by atoms with E-state index in [4.69, 9.17) is 5.41 Å². The molecule has 15 heavy (non-hydrogen) atoms. The molecule has 0 amide bonds. The van der Waals surface area contributed by atoms with Crippen molar-refractivity contribution in [2.75, 3.05) is 0 Å². The summed E-state index contributed by atoms with van der Waals surface area (Å²) in [6, 6.07) is 16.3. The van der Waals surface area contributed by atoms with Crippen LogP contribution in [0.3, 0.4) is 0 Å². The standard InChI is InChI=1S/C13H11NO/c14-13(10-6-2-1-3-7-10)11-8-4-5-9-12(11)15/h1-9,14-15H. The smallest absolute Gasteiger partial charge is 0.124 e. The Morgan fingerprint density at radius 3 is 2.13 bits per heavy atom. The third-order valence-electron chi connectivity index (χ3n) is 2.24. The van der Waals surface area contributed by atoms with Crippen molar-refractivity contribution in [3.63, 3.8) is 0 Å². The van der Waals surface area contributed by atoms with Crippen LogP contribution in [0.2, 0.25) is 0 Å². The zero-order chi connectivity index (χ0) is 10.7. The summed E-state index contributed by atoms with van der Waals surface area (Å²) in [5.74, 6) is 0.145. The number of phenolic OH excluding ortho intramolecular Hbond substituents is 1. The summed E-state index contributed by atoms with van der Waals surface area (Å²) in [5.41, 5.74) is 1.71. The first-order valence-electron chi connectivity index (χ1n) is 4.71. The molecule has 0 spiro atoms. The lowest BCUT2D eigenvalue weighted by Gasteiger charge is -2.05. The van der Waals surface area contributed by atoms with Crippen LogP contribution in [0.1, 0.15) is 11.1 Å². The average molecular weight is 197 g/mol. The number of para-hydroxylation sites is 1. The van der Waals surface area contributed by atoms with E-state index in [1.165, 1.54) is 0 Å². The van der Waals surface area contributed by atoms with Crippen LogP contribution in [0.5, 0.6) is 5.75 Å². The molecule has 0 atom stereocenters. The minimum absolute atomic E-state index is 0.145. The normalized spacial score (nSPS) is 9.87. The van der Waals surface area contributed by atoms with Gasteiger partial charge in [0.15, 0.2) is 0 Å². The third kappa shape index (κ3) is 1.89. The van der Waals surface area contributed by atoms with Crippen LogP contribution in [0.15, 0.2) is 54.6 Å². The maximum absolute atomic E-state index is 9.60. The monoisotopic (exact) mass is 197 g/mol. The van der Waals surface area contributed by atoms with E-state index >= 15 is 0 Å². The second-order valence-corrected chi connectivity index (χ2v) is 3.26. The van der Waals surface area contributed by atoms with Crippen molar-refractivity contribution in [1.29, 1.82) is 5.41 Å². The lowest BCUT2D eigenvalue weighted by atomic mass is 10.0. The molecule has 2 rings (SSSR count). The van der Waals surface area contributed by atoms with E-state index in [1.54, 1.807) is 18.2 Å². The largest absolute Gasteiger partial charge is 0.507 e. The van der Waals surface area contributed by atoms with Crippen molar-refractivity contribution in [3.8, 4) is 5.75 Å². The second-order valence-electron chi connectivity index (χ2n) is 3.26. The van der Waals surface area contributed by atoms with Gasteiger partial charge in [-0.25, -0.2) is 0 Å². The summed E-state index contributed by atoms with van der Waals surface area (Å²) in [5, 5.41) is 17.6. The molecule has 0 aliphatic heterocycles. The summed E-state index contributed by atoms with van der Waals surface area (Å²) in [6.07, 6.45) is 0. The Labute approximate surface area is 88.3 Å². The number of hydrogen-bond donors (Lipinski definition) is 2. The molecule has 0 saturated heterocycles. The Morgan fingerprint density at radius 1 is 0.867 bits per heavy atom. The van der Waals surface area contributed by atoms with E-state index in [0.717, 1.165) is 5.56 Å². The molecule has 0 saturated carbocycles. The van der Waals surface area contributed by atoms with Gasteiger partial charge in [0.05, 0.1) is 5.71 Å². The van der Waals surface area contributed by atoms with Gasteiger partial charge in [0.2, 0.25) is 0 Å². The predicted octanol–water partition coefficient (Wildman–Crippen LogP) is 2.81. The van der Waals surface area contributed by atoms with E-state index in [9.17, 15) is 5.11 Å². The number of nitrogens with one attached hydrogen (secondary N) is 1. The lowest BCUT2D eigenvalue weighted by Crippen LogP contribution is -2.00. The molecule has 2 nitrogen and oxygen atoms in total. The van der Waals surface area contributed by atoms with Crippen LogP contribution >= 0.6 is 0 Å². The van der Waals surface area contributed by atoms with Gasteiger partial charge in [-0.2, -0.15) is 0 Å². The van der Waals surface area contributed by atoms with E-state index < -0.39 is 0 Å². The summed E-state index contributed by atoms with van der Waals surface area (Å²) in [6.45, 7) is 0. The molecule has 0 heterocycles. The molecule has 2 aromatic rings. The SMILES string of the molecule is N=C(c1ccccc1)c1ccccc1O. The minimum Gasteiger partial charge on any atom is -0.507 e. The highest BCUT2D eigenvalue weighted by Crippen LogP contribution is 2.19. The average Bonchev–Trinajstić information content (AvgIpc) is 2.30. The van der Waals surface area contributed by atoms with Gasteiger partial charge in [-0.15, -0.1) is 0 Å². The fourth-order valence-electron chi connectivity index (χ4n) is 1.45. The van der Waals surface area contributed by atoms with Gasteiger partial charge in [-0.1, -0.05) is 42.5 Å². The van der Waals surface area contributed by atoms with Crippen molar-refractivity contribution in [2.45, 2.75) is 0 Å². The first-order valence-corrected chi connectivity index (χ1v) is 4.71. The van der Waals surface area contributed by atoms with Gasteiger partial charge in [-0.3, -0.25) is 5.41 Å². The van der Waals surface area contributed by atoms with Crippen LogP contribution in [-0.2, 0) is 0 Å². The first-order chi connectivity index (χ1) is 7.29. The maximum atomic E-state index is 9.60. The summed E-state index contributed by atoms with van der Waals surface area (Å²) < 4.78 is 0. The molecular weight excluding hydrogens is 186 g/mol. The molecule has 0 bridgehead atoms. The van der Waals surface area contributed by atoms with E-state index in [0.29, 0.717) is 11.3 Å². The summed E-state index contributed by atoms with van der Waals surface area (Å²) in [7, 11) is 0. The highest BCUT2D eigenvalue weighted by atomic mass is 16.3. The van der Waals surface area contributed by atoms with Crippen molar-refractivity contribution in [3.05, 3.63) is 65.7 Å². The third-order valence-corrected chi connectivity index (χ3v) is 2.24. The molecule has 0 aliphatic rings. The molecule has 74 valence electrons. The quantitative estimate of drug-likeness (QED) is 0.714. The Kier molecular flexibility index (Phi) is 2.50. The predicted molar refractivity (Wildman–Crippen MR) is 60.5 cm³/mol. The Morgan fingerprint density at radius 2 is 1.47 bits per heavy atom. The van der Waals surface area contributed by atoms with E-state index in [-0.39, 0.29) is 5.75 Å². The number of phenols is 1. The van der Waals surface area contributed by atoms with Crippen molar-refractivity contribution >= 4 is 5.71 Å². The first kappa shape index (κ1) is 9.46. The maximum Gasteiger partial charge on any atom is 0.124 e. The number of hydrogen-bond acceptors (Lipinski definition) is 2. The fraction of sp³-hybridized carbons (Fsp3) is 0. The lowest BCUT2D eigenvalue weighted by molar-refractivity contribution is 0.474. The van der Waals surface area contributed by atoms with Crippen LogP contribution in [0.25, 0.3) is 0 Å². The molecule has 0 aliphatic carbocycles. The fourth-order valence-corrected chi connectivity index (χ4v) is 1.45. The Bertz CT molecular complexity index is 477. The van der Waals surface area contributed by atoms with Gasteiger partial charge >= 0.3 is 0 Å². The molecule has 0 aromatic heterocycles. The van der Waals surface area contributed by atoms with Gasteiger partial charge in [-0.05, 0) is 12.1 Å². The molecule has 2 N–H and O–H groups in total. The molecule has 0 radical (unpaired) electrons. The number of aromatic hydroxyl groups is 1. The van der Waals surface area contributed by atoms with Crippen molar-refractivity contribution < 1.29 is 5.11 Å². The van der Waals surface area contributed by atoms with Gasteiger partial charge in [0.25, 0.3) is 0 Å². The van der Waals surface area contributed by atoms with Gasteiger partial charge in [0, 0.05) is 11.1 Å². The minimum atomic E-state index is 0.145. The van der Waals surface area contributed by atoms with Crippen molar-refractivity contribution in [1.82, 2.24) is 0 Å². The summed E-state index contributed by atoms with van der Waals surface area (Å²) >= 11 is 0. The molecule has 0 fully saturated rings. The Balaban J connectivity index is 2.42. The molecular formula is C13H11NO. The van der Waals surface area contributed by atoms with Crippen LogP contribution in [0, 0.1) is 5.41 Å². The zero-order valence-electron chi connectivity index (χ0n) is 8.14. The van der Waals surface area contributed by atoms with Crippen molar-refractivity contribution in [2.24, 2.45) is 0 Å². The number of rotatable bonds is 2. The highest BCUT2D eigenvalue weighted by molar-refractivity contribution is 6.12. The second kappa shape index (κ2) is 3.96. The van der Waals surface area contributed by atoms with E-state index in [2.05, 4.69) is 0 Å². The number of benzene rings is 2. The van der Waals surface area contributed by atoms with Gasteiger partial charge < -0.3 is 5.11 Å². The molecule has 0 unspecified atom stereocenters. The highest BCUT2D eigenvalue weighted by Gasteiger charge is 2.07. The van der Waals surface area contributed by atoms with Crippen LogP contribution in [-0.4, -0.2) is 10.8 Å². The zero-order valence-corrected chi connectivity index (χ0v) is 8.14. The van der Waals surface area contributed by atoms with Crippen LogP contribution < -0.4 is 0 Å². The Hall–Kier alpha value is -2.09. The molecule has 2 aromatic carbocycles. The van der Waals surface area contributed by atoms with Crippen LogP contribution in [0.4, 0.5) is 0 Å². The molecule has 2 heteroatoms. The van der Waals surface area contributed by atoms with Gasteiger partial charge in [0.1, 0.15) is 5.75 Å². The summed E-state index contributed by atoms with van der Waals surface area (Å²) in [4.78, 5) is 0. The topological polar surface area (TPSA) is 44.1 Å².